The third-order valence-corrected chi connectivity index (χ3v) is 5.67. The Kier molecular flexibility index (Phi) is 6.55. The summed E-state index contributed by atoms with van der Waals surface area (Å²) in [5.74, 6) is -0.987. The molecule has 9 heteroatoms. The van der Waals surface area contributed by atoms with Crippen LogP contribution in [0.5, 0.6) is 5.75 Å². The molecular formula is C25H23N3O6. The maximum absolute atomic E-state index is 12.5. The predicted molar refractivity (Wildman–Crippen MR) is 126 cm³/mol. The zero-order valence-corrected chi connectivity index (χ0v) is 18.2. The number of carbonyl (C=O) groups excluding carboxylic acids is 1. The van der Waals surface area contributed by atoms with Gasteiger partial charge in [0.2, 0.25) is 5.91 Å². The van der Waals surface area contributed by atoms with Gasteiger partial charge in [0.05, 0.1) is 22.9 Å². The highest BCUT2D eigenvalue weighted by molar-refractivity contribution is 6.00. The van der Waals surface area contributed by atoms with Crippen LogP contribution >= 0.6 is 0 Å². The molecule has 0 saturated heterocycles. The number of amides is 1. The molecule has 1 aliphatic rings. The second-order valence-corrected chi connectivity index (χ2v) is 8.00. The van der Waals surface area contributed by atoms with E-state index in [1.165, 1.54) is 11.0 Å². The Morgan fingerprint density at radius 3 is 2.59 bits per heavy atom. The molecule has 3 N–H and O–H groups in total. The summed E-state index contributed by atoms with van der Waals surface area (Å²) in [4.78, 5) is 36.1. The number of carboxylic acids is 1. The molecule has 1 heterocycles. The minimum absolute atomic E-state index is 0.00751. The number of carboxylic acid groups (broad SMARTS) is 1. The third kappa shape index (κ3) is 4.89. The highest BCUT2D eigenvalue weighted by Gasteiger charge is 2.29. The number of nitrogens with zero attached hydrogens (tertiary/aromatic N) is 2. The van der Waals surface area contributed by atoms with Gasteiger partial charge in [-0.1, -0.05) is 36.4 Å². The molecule has 3 aromatic carbocycles. The van der Waals surface area contributed by atoms with Crippen LogP contribution in [0.25, 0.3) is 11.1 Å². The number of aliphatic carboxylic acids is 1. The fourth-order valence-corrected chi connectivity index (χ4v) is 4.02. The maximum Gasteiger partial charge on any atom is 0.305 e. The van der Waals surface area contributed by atoms with Crippen molar-refractivity contribution in [2.75, 3.05) is 11.4 Å². The fourth-order valence-electron chi connectivity index (χ4n) is 4.02. The molecule has 0 aromatic heterocycles. The van der Waals surface area contributed by atoms with Crippen molar-refractivity contribution in [3.63, 3.8) is 0 Å². The summed E-state index contributed by atoms with van der Waals surface area (Å²) in [6.45, 7) is 0.554. The summed E-state index contributed by atoms with van der Waals surface area (Å²) >= 11 is 0. The molecule has 0 spiro atoms. The number of nitro benzene ring substituents is 1. The summed E-state index contributed by atoms with van der Waals surface area (Å²) in [6.07, 6.45) is 0.163. The fraction of sp³-hybridized carbons (Fsp3) is 0.200. The first-order chi connectivity index (χ1) is 16.3. The highest BCUT2D eigenvalue weighted by Crippen LogP contribution is 2.33. The average molecular weight is 461 g/mol. The van der Waals surface area contributed by atoms with E-state index < -0.39 is 29.3 Å². The van der Waals surface area contributed by atoms with Crippen molar-refractivity contribution in [2.45, 2.75) is 25.5 Å². The van der Waals surface area contributed by atoms with E-state index in [9.17, 15) is 19.7 Å². The molecule has 4 rings (SSSR count). The number of anilines is 1. The van der Waals surface area contributed by atoms with Crippen molar-refractivity contribution >= 4 is 23.3 Å². The summed E-state index contributed by atoms with van der Waals surface area (Å²) in [5.41, 5.74) is 9.27. The molecular weight excluding hydrogens is 438 g/mol. The molecule has 1 atom stereocenters. The molecule has 0 aliphatic carbocycles. The number of carbonyl (C=O) groups is 2. The van der Waals surface area contributed by atoms with Gasteiger partial charge in [0.25, 0.3) is 5.69 Å². The van der Waals surface area contributed by atoms with Gasteiger partial charge >= 0.3 is 5.97 Å². The Morgan fingerprint density at radius 1 is 1.12 bits per heavy atom. The Bertz CT molecular complexity index is 1240. The van der Waals surface area contributed by atoms with E-state index in [1.54, 1.807) is 24.3 Å². The summed E-state index contributed by atoms with van der Waals surface area (Å²) < 4.78 is 5.87. The number of rotatable bonds is 8. The van der Waals surface area contributed by atoms with Gasteiger partial charge in [0, 0.05) is 18.3 Å². The molecule has 34 heavy (non-hydrogen) atoms. The lowest BCUT2D eigenvalue weighted by Crippen LogP contribution is -2.44. The van der Waals surface area contributed by atoms with Crippen LogP contribution in [0.1, 0.15) is 17.5 Å². The van der Waals surface area contributed by atoms with Crippen LogP contribution < -0.4 is 15.4 Å². The molecule has 0 saturated carbocycles. The molecule has 0 bridgehead atoms. The van der Waals surface area contributed by atoms with E-state index in [-0.39, 0.29) is 12.3 Å². The zero-order chi connectivity index (χ0) is 24.2. The smallest absolute Gasteiger partial charge is 0.305 e. The molecule has 0 unspecified atom stereocenters. The van der Waals surface area contributed by atoms with Crippen molar-refractivity contribution in [3.8, 4) is 16.9 Å². The van der Waals surface area contributed by atoms with Crippen LogP contribution in [0.2, 0.25) is 0 Å². The maximum atomic E-state index is 12.5. The van der Waals surface area contributed by atoms with Crippen LogP contribution in [-0.4, -0.2) is 34.5 Å². The van der Waals surface area contributed by atoms with Crippen LogP contribution in [0.3, 0.4) is 0 Å². The first-order valence-electron chi connectivity index (χ1n) is 10.7. The predicted octanol–water partition coefficient (Wildman–Crippen LogP) is 3.53. The largest absolute Gasteiger partial charge is 0.489 e. The summed E-state index contributed by atoms with van der Waals surface area (Å²) in [5, 5.41) is 20.5. The topological polar surface area (TPSA) is 136 Å². The van der Waals surface area contributed by atoms with Crippen LogP contribution in [0.4, 0.5) is 11.4 Å². The van der Waals surface area contributed by atoms with Gasteiger partial charge in [-0.15, -0.1) is 0 Å². The van der Waals surface area contributed by atoms with E-state index in [1.807, 2.05) is 36.4 Å². The van der Waals surface area contributed by atoms with Crippen molar-refractivity contribution in [2.24, 2.45) is 5.73 Å². The number of benzene rings is 3. The minimum Gasteiger partial charge on any atom is -0.489 e. The molecule has 1 amide bonds. The number of nitro groups is 1. The Hall–Kier alpha value is -4.24. The van der Waals surface area contributed by atoms with Crippen molar-refractivity contribution in [1.29, 1.82) is 0 Å². The first kappa shape index (κ1) is 22.9. The molecule has 1 aliphatic heterocycles. The first-order valence-corrected chi connectivity index (χ1v) is 10.7. The average Bonchev–Trinajstić information content (AvgIpc) is 3.25. The van der Waals surface area contributed by atoms with Gasteiger partial charge in [-0.25, -0.2) is 0 Å². The highest BCUT2D eigenvalue weighted by atomic mass is 16.6. The number of ether oxygens (including phenoxy) is 1. The minimum atomic E-state index is -1.12. The molecule has 9 nitrogen and oxygen atoms in total. The van der Waals surface area contributed by atoms with E-state index in [2.05, 4.69) is 0 Å². The van der Waals surface area contributed by atoms with Gasteiger partial charge in [-0.2, -0.15) is 0 Å². The van der Waals surface area contributed by atoms with Gasteiger partial charge < -0.3 is 20.5 Å². The summed E-state index contributed by atoms with van der Waals surface area (Å²) in [7, 11) is 0. The number of hydrogen-bond acceptors (Lipinski definition) is 6. The lowest BCUT2D eigenvalue weighted by atomic mass is 10.0. The second-order valence-electron chi connectivity index (χ2n) is 8.00. The standard InChI is InChI=1S/C25H23N3O6/c26-21(14-24(29)30)25(31)27-11-10-18-13-19(7-9-22(18)27)34-15-16-6-8-20(23(12-16)28(32)33)17-4-2-1-3-5-17/h1-9,12-13,21H,10-11,14-15,26H2,(H,29,30)/t21-/m1/s1. The van der Waals surface area contributed by atoms with Gasteiger partial charge in [0.15, 0.2) is 0 Å². The summed E-state index contributed by atoms with van der Waals surface area (Å²) in [6, 6.07) is 18.4. The Labute approximate surface area is 195 Å². The molecule has 0 radical (unpaired) electrons. The second kappa shape index (κ2) is 9.72. The zero-order valence-electron chi connectivity index (χ0n) is 18.2. The normalized spacial score (nSPS) is 13.3. The van der Waals surface area contributed by atoms with Crippen molar-refractivity contribution in [1.82, 2.24) is 0 Å². The SMILES string of the molecule is N[C@H](CC(=O)O)C(=O)N1CCc2cc(OCc3ccc(-c4ccccc4)c([N+](=O)[O-])c3)ccc21. The van der Waals surface area contributed by atoms with E-state index in [0.29, 0.717) is 35.5 Å². The van der Waals surface area contributed by atoms with Gasteiger partial charge in [0.1, 0.15) is 12.4 Å². The monoisotopic (exact) mass is 461 g/mol. The quantitative estimate of drug-likeness (QED) is 0.387. The lowest BCUT2D eigenvalue weighted by molar-refractivity contribution is -0.384. The van der Waals surface area contributed by atoms with Crippen molar-refractivity contribution in [3.05, 3.63) is 88.0 Å². The molecule has 3 aromatic rings. The lowest BCUT2D eigenvalue weighted by Gasteiger charge is -2.21. The Morgan fingerprint density at radius 2 is 1.88 bits per heavy atom. The van der Waals surface area contributed by atoms with Crippen LogP contribution in [0, 0.1) is 10.1 Å². The van der Waals surface area contributed by atoms with E-state index in [0.717, 1.165) is 11.1 Å². The Balaban J connectivity index is 1.47. The number of hydrogen-bond donors (Lipinski definition) is 2. The molecule has 0 fully saturated rings. The van der Waals surface area contributed by atoms with Crippen LogP contribution in [-0.2, 0) is 22.6 Å². The number of fused-ring (bicyclic) bond motifs is 1. The third-order valence-electron chi connectivity index (χ3n) is 5.67. The van der Waals surface area contributed by atoms with Gasteiger partial charge in [-0.05, 0) is 47.4 Å². The van der Waals surface area contributed by atoms with Crippen molar-refractivity contribution < 1.29 is 24.4 Å². The van der Waals surface area contributed by atoms with E-state index >= 15 is 0 Å². The van der Waals surface area contributed by atoms with Crippen LogP contribution in [0.15, 0.2) is 66.7 Å². The van der Waals surface area contributed by atoms with E-state index in [4.69, 9.17) is 15.6 Å². The molecule has 174 valence electrons. The number of nitrogens with two attached hydrogens (primary N) is 1. The van der Waals surface area contributed by atoms with Gasteiger partial charge in [-0.3, -0.25) is 19.7 Å².